The zero-order valence-electron chi connectivity index (χ0n) is 17.3. The first kappa shape index (κ1) is 23.5. The molecule has 3 rings (SSSR count). The highest BCUT2D eigenvalue weighted by atomic mass is 35.5. The maximum Gasteiger partial charge on any atom is 0.261 e. The van der Waals surface area contributed by atoms with E-state index in [1.165, 1.54) is 30.3 Å². The molecule has 0 heterocycles. The molecule has 1 amide bonds. The Morgan fingerprint density at radius 2 is 1.78 bits per heavy atom. The van der Waals surface area contributed by atoms with E-state index in [1.807, 2.05) is 6.92 Å². The molecule has 32 heavy (non-hydrogen) atoms. The fourth-order valence-corrected chi connectivity index (χ4v) is 4.30. The summed E-state index contributed by atoms with van der Waals surface area (Å²) < 4.78 is 41.0. The number of para-hydroxylation sites is 1. The van der Waals surface area contributed by atoms with Gasteiger partial charge in [-0.1, -0.05) is 48.0 Å². The van der Waals surface area contributed by atoms with Crippen LogP contribution >= 0.6 is 11.6 Å². The van der Waals surface area contributed by atoms with Crippen molar-refractivity contribution in [3.05, 3.63) is 101 Å². The highest BCUT2D eigenvalue weighted by molar-refractivity contribution is 7.92. The highest BCUT2D eigenvalue weighted by Crippen LogP contribution is 2.24. The zero-order valence-corrected chi connectivity index (χ0v) is 18.9. The van der Waals surface area contributed by atoms with Crippen molar-refractivity contribution in [3.63, 3.8) is 0 Å². The minimum atomic E-state index is -3.80. The summed E-state index contributed by atoms with van der Waals surface area (Å²) in [6, 6.07) is 18.8. The van der Waals surface area contributed by atoms with Crippen LogP contribution in [0.2, 0.25) is 5.02 Å². The van der Waals surface area contributed by atoms with Crippen LogP contribution < -0.4 is 4.72 Å². The van der Waals surface area contributed by atoms with Crippen LogP contribution in [0.3, 0.4) is 0 Å². The van der Waals surface area contributed by atoms with Crippen LogP contribution in [-0.2, 0) is 21.4 Å². The van der Waals surface area contributed by atoms with Crippen molar-refractivity contribution in [1.82, 2.24) is 4.90 Å². The Hall–Kier alpha value is -3.16. The van der Waals surface area contributed by atoms with Gasteiger partial charge in [0.15, 0.2) is 0 Å². The summed E-state index contributed by atoms with van der Waals surface area (Å²) in [5.74, 6) is -0.575. The molecule has 0 aliphatic carbocycles. The molecule has 0 spiro atoms. The molecular formula is C24H22ClFN2O3S. The Morgan fingerprint density at radius 3 is 2.44 bits per heavy atom. The second kappa shape index (κ2) is 10.4. The fourth-order valence-electron chi connectivity index (χ4n) is 2.98. The molecule has 0 atom stereocenters. The molecule has 5 nitrogen and oxygen atoms in total. The Kier molecular flexibility index (Phi) is 7.66. The molecule has 0 bridgehead atoms. The van der Waals surface area contributed by atoms with Gasteiger partial charge in [-0.3, -0.25) is 9.52 Å². The number of nitrogens with zero attached hydrogens (tertiary/aromatic N) is 1. The lowest BCUT2D eigenvalue weighted by molar-refractivity contribution is -0.126. The van der Waals surface area contributed by atoms with Gasteiger partial charge in [0.2, 0.25) is 5.91 Å². The fraction of sp³-hybridized carbons (Fsp3) is 0.125. The molecular weight excluding hydrogens is 451 g/mol. The number of likely N-dealkylation sites (N-methyl/N-ethyl adjacent to an activating group) is 1. The van der Waals surface area contributed by atoms with Crippen molar-refractivity contribution in [2.75, 3.05) is 11.3 Å². The van der Waals surface area contributed by atoms with Gasteiger partial charge in [0.25, 0.3) is 10.0 Å². The van der Waals surface area contributed by atoms with Crippen LogP contribution in [-0.4, -0.2) is 25.8 Å². The topological polar surface area (TPSA) is 66.5 Å². The third-order valence-electron chi connectivity index (χ3n) is 4.68. The number of anilines is 1. The van der Waals surface area contributed by atoms with Gasteiger partial charge in [0.05, 0.1) is 15.6 Å². The predicted octanol–water partition coefficient (Wildman–Crippen LogP) is 5.34. The van der Waals surface area contributed by atoms with Gasteiger partial charge in [-0.25, -0.2) is 12.8 Å². The number of carbonyl (C=O) groups is 1. The van der Waals surface area contributed by atoms with Crippen molar-refractivity contribution >= 4 is 39.3 Å². The number of amides is 1. The summed E-state index contributed by atoms with van der Waals surface area (Å²) in [7, 11) is -3.80. The zero-order chi connectivity index (χ0) is 23.1. The van der Waals surface area contributed by atoms with Crippen LogP contribution in [0.5, 0.6) is 0 Å². The molecule has 0 aromatic heterocycles. The maximum atomic E-state index is 13.4. The Bertz CT molecular complexity index is 1230. The van der Waals surface area contributed by atoms with Crippen molar-refractivity contribution in [2.24, 2.45) is 0 Å². The van der Waals surface area contributed by atoms with E-state index in [9.17, 15) is 17.6 Å². The molecule has 0 saturated heterocycles. The molecule has 0 aliphatic rings. The number of halogens is 2. The lowest BCUT2D eigenvalue weighted by Crippen LogP contribution is -2.28. The smallest absolute Gasteiger partial charge is 0.261 e. The van der Waals surface area contributed by atoms with E-state index >= 15 is 0 Å². The van der Waals surface area contributed by atoms with Gasteiger partial charge in [0, 0.05) is 19.2 Å². The Morgan fingerprint density at radius 1 is 1.06 bits per heavy atom. The summed E-state index contributed by atoms with van der Waals surface area (Å²) in [5, 5.41) is 0.299. The molecule has 3 aromatic rings. The Balaban J connectivity index is 1.67. The predicted molar refractivity (Wildman–Crippen MR) is 125 cm³/mol. The summed E-state index contributed by atoms with van der Waals surface area (Å²) in [5.41, 5.74) is 1.66. The number of carbonyl (C=O) groups excluding carboxylic acids is 1. The van der Waals surface area contributed by atoms with Gasteiger partial charge in [0.1, 0.15) is 5.82 Å². The number of rotatable bonds is 8. The maximum absolute atomic E-state index is 13.4. The monoisotopic (exact) mass is 472 g/mol. The highest BCUT2D eigenvalue weighted by Gasteiger charge is 2.15. The summed E-state index contributed by atoms with van der Waals surface area (Å²) in [6.07, 6.45) is 3.02. The number of hydrogen-bond acceptors (Lipinski definition) is 3. The molecule has 3 aromatic carbocycles. The SMILES string of the molecule is CCN(Cc1cccc(F)c1)C(=O)/C=C/c1ccc(S(=O)(=O)Nc2ccccc2Cl)cc1. The molecule has 0 unspecified atom stereocenters. The van der Waals surface area contributed by atoms with Gasteiger partial charge in [-0.05, 0) is 60.5 Å². The Labute approximate surface area is 192 Å². The van der Waals surface area contributed by atoms with E-state index in [0.717, 1.165) is 0 Å². The molecule has 0 radical (unpaired) electrons. The van der Waals surface area contributed by atoms with Crippen LogP contribution in [0.25, 0.3) is 6.08 Å². The molecule has 166 valence electrons. The lowest BCUT2D eigenvalue weighted by atomic mass is 10.2. The molecule has 0 saturated carbocycles. The number of nitrogens with one attached hydrogen (secondary N) is 1. The van der Waals surface area contributed by atoms with E-state index in [-0.39, 0.29) is 16.6 Å². The quantitative estimate of drug-likeness (QED) is 0.450. The summed E-state index contributed by atoms with van der Waals surface area (Å²) >= 11 is 6.02. The first-order chi connectivity index (χ1) is 15.3. The molecule has 1 N–H and O–H groups in total. The van der Waals surface area contributed by atoms with E-state index in [1.54, 1.807) is 59.5 Å². The van der Waals surface area contributed by atoms with Gasteiger partial charge >= 0.3 is 0 Å². The average molecular weight is 473 g/mol. The summed E-state index contributed by atoms with van der Waals surface area (Å²) in [6.45, 7) is 2.60. The first-order valence-corrected chi connectivity index (χ1v) is 11.7. The van der Waals surface area contributed by atoms with Crippen LogP contribution in [0.15, 0.2) is 83.8 Å². The average Bonchev–Trinajstić information content (AvgIpc) is 2.77. The van der Waals surface area contributed by atoms with Crippen molar-refractivity contribution in [2.45, 2.75) is 18.4 Å². The van der Waals surface area contributed by atoms with E-state index < -0.39 is 10.0 Å². The first-order valence-electron chi connectivity index (χ1n) is 9.87. The number of hydrogen-bond donors (Lipinski definition) is 1. The summed E-state index contributed by atoms with van der Waals surface area (Å²) in [4.78, 5) is 14.2. The van der Waals surface area contributed by atoms with E-state index in [0.29, 0.717) is 34.9 Å². The van der Waals surface area contributed by atoms with Crippen molar-refractivity contribution in [3.8, 4) is 0 Å². The van der Waals surface area contributed by atoms with Crippen LogP contribution in [0.4, 0.5) is 10.1 Å². The van der Waals surface area contributed by atoms with E-state index in [4.69, 9.17) is 11.6 Å². The lowest BCUT2D eigenvalue weighted by Gasteiger charge is -2.19. The van der Waals surface area contributed by atoms with Crippen LogP contribution in [0.1, 0.15) is 18.1 Å². The van der Waals surface area contributed by atoms with Crippen LogP contribution in [0, 0.1) is 5.82 Å². The minimum Gasteiger partial charge on any atom is -0.335 e. The third kappa shape index (κ3) is 6.18. The third-order valence-corrected chi connectivity index (χ3v) is 6.39. The standard InChI is InChI=1S/C24H22ClFN2O3S/c1-2-28(17-19-6-5-7-20(26)16-19)24(29)15-12-18-10-13-21(14-11-18)32(30,31)27-23-9-4-3-8-22(23)25/h3-16,27H,2,17H2,1H3/b15-12+. The molecule has 8 heteroatoms. The van der Waals surface area contributed by atoms with Gasteiger partial charge in [-0.15, -0.1) is 0 Å². The number of benzene rings is 3. The minimum absolute atomic E-state index is 0.0715. The van der Waals surface area contributed by atoms with Gasteiger partial charge in [-0.2, -0.15) is 0 Å². The van der Waals surface area contributed by atoms with Crippen molar-refractivity contribution in [1.29, 1.82) is 0 Å². The van der Waals surface area contributed by atoms with Crippen molar-refractivity contribution < 1.29 is 17.6 Å². The number of sulfonamides is 1. The molecule has 0 aliphatic heterocycles. The second-order valence-electron chi connectivity index (χ2n) is 6.97. The van der Waals surface area contributed by atoms with Gasteiger partial charge < -0.3 is 4.90 Å². The molecule has 0 fully saturated rings. The second-order valence-corrected chi connectivity index (χ2v) is 9.06. The largest absolute Gasteiger partial charge is 0.335 e. The normalized spacial score (nSPS) is 11.5. The van der Waals surface area contributed by atoms with E-state index in [2.05, 4.69) is 4.72 Å².